The lowest BCUT2D eigenvalue weighted by atomic mass is 10.1. The molecule has 0 aliphatic carbocycles. The molecule has 0 aliphatic heterocycles. The van der Waals surface area contributed by atoms with E-state index in [1.54, 1.807) is 0 Å². The van der Waals surface area contributed by atoms with E-state index in [-0.39, 0.29) is 6.61 Å². The first-order chi connectivity index (χ1) is 11.3. The molecule has 0 atom stereocenters. The van der Waals surface area contributed by atoms with Crippen LogP contribution in [0.2, 0.25) is 0 Å². The normalized spacial score (nSPS) is 12.7. The van der Waals surface area contributed by atoms with Gasteiger partial charge in [-0.2, -0.15) is 0 Å². The molecule has 24 heavy (non-hydrogen) atoms. The Balaban J connectivity index is 3.39. The molecule has 6 heteroatoms. The molecule has 0 spiro atoms. The predicted octanol–water partition coefficient (Wildman–Crippen LogP) is 4.24. The summed E-state index contributed by atoms with van der Waals surface area (Å²) in [6.07, 6.45) is 16.0. The van der Waals surface area contributed by atoms with Crippen LogP contribution < -0.4 is 0 Å². The molecule has 0 bridgehead atoms. The van der Waals surface area contributed by atoms with Crippen LogP contribution in [-0.4, -0.2) is 51.2 Å². The van der Waals surface area contributed by atoms with E-state index in [2.05, 4.69) is 11.1 Å². The highest BCUT2D eigenvalue weighted by atomic mass is 32.3. The first-order valence-corrected chi connectivity index (χ1v) is 11.0. The second kappa shape index (κ2) is 14.0. The molecule has 0 aromatic rings. The Morgan fingerprint density at radius 1 is 0.750 bits per heavy atom. The molecule has 146 valence electrons. The molecule has 0 unspecified atom stereocenters. The summed E-state index contributed by atoms with van der Waals surface area (Å²) in [6.45, 7) is 3.75. The Bertz CT molecular complexity index is 382. The van der Waals surface area contributed by atoms with Crippen molar-refractivity contribution in [3.8, 4) is 0 Å². The van der Waals surface area contributed by atoms with E-state index >= 15 is 0 Å². The second-order valence-electron chi connectivity index (χ2n) is 7.50. The molecule has 0 saturated carbocycles. The fourth-order valence-corrected chi connectivity index (χ4v) is 3.16. The van der Waals surface area contributed by atoms with E-state index in [4.69, 9.17) is 0 Å². The summed E-state index contributed by atoms with van der Waals surface area (Å²) in [4.78, 5) is 0. The average molecular weight is 366 g/mol. The summed E-state index contributed by atoms with van der Waals surface area (Å²) >= 11 is 0. The van der Waals surface area contributed by atoms with E-state index in [0.717, 1.165) is 13.0 Å². The molecule has 0 fully saturated rings. The highest BCUT2D eigenvalue weighted by Gasteiger charge is 2.14. The van der Waals surface area contributed by atoms with Gasteiger partial charge in [-0.15, -0.1) is 0 Å². The van der Waals surface area contributed by atoms with Crippen LogP contribution in [0, 0.1) is 0 Å². The van der Waals surface area contributed by atoms with Crippen molar-refractivity contribution < 1.29 is 21.6 Å². The maximum absolute atomic E-state index is 10.4. The zero-order valence-corrected chi connectivity index (χ0v) is 16.9. The van der Waals surface area contributed by atoms with Gasteiger partial charge < -0.3 is 9.04 Å². The van der Waals surface area contributed by atoms with Crippen molar-refractivity contribution in [3.63, 3.8) is 0 Å². The molecular formula is C18H39NO4S. The smallest absolute Gasteiger partial charge is 0.217 e. The minimum atomic E-state index is -4.55. The van der Waals surface area contributed by atoms with Gasteiger partial charge in [-0.3, -0.25) is 4.18 Å². The first kappa shape index (κ1) is 23.8. The van der Waals surface area contributed by atoms with Crippen LogP contribution in [0.4, 0.5) is 0 Å². The topological polar surface area (TPSA) is 66.4 Å². The van der Waals surface area contributed by atoms with Crippen LogP contribution >= 0.6 is 0 Å². The van der Waals surface area contributed by atoms with E-state index in [1.807, 2.05) is 14.1 Å². The Morgan fingerprint density at radius 3 is 1.58 bits per heavy atom. The minimum absolute atomic E-state index is 0.0307. The molecule has 0 aliphatic rings. The fraction of sp³-hybridized carbons (Fsp3) is 1.00. The average Bonchev–Trinajstić information content (AvgIpc) is 2.46. The highest BCUT2D eigenvalue weighted by Crippen LogP contribution is 2.12. The van der Waals surface area contributed by atoms with Gasteiger partial charge in [-0.1, -0.05) is 71.1 Å². The van der Waals surface area contributed by atoms with Gasteiger partial charge in [0.15, 0.2) is 0 Å². The molecule has 0 amide bonds. The standard InChI is InChI=1S/C18H39NO4S/c1-4-5-6-7-8-9-10-11-12-13-14-15-16-19(2,3)17-18-23-24(20,21)22/h4-18H2,1-3H3. The highest BCUT2D eigenvalue weighted by molar-refractivity contribution is 7.80. The molecule has 0 heterocycles. The number of hydrogen-bond acceptors (Lipinski definition) is 4. The largest absolute Gasteiger partial charge is 0.726 e. The third kappa shape index (κ3) is 18.2. The third-order valence-corrected chi connectivity index (χ3v) is 5.00. The summed E-state index contributed by atoms with van der Waals surface area (Å²) in [7, 11) is -0.472. The number of likely N-dealkylation sites (N-methyl/N-ethyl adjacent to an activating group) is 1. The Morgan fingerprint density at radius 2 is 1.17 bits per heavy atom. The Labute approximate surface area is 150 Å². The zero-order valence-electron chi connectivity index (χ0n) is 16.1. The summed E-state index contributed by atoms with van der Waals surface area (Å²) < 4.78 is 36.2. The van der Waals surface area contributed by atoms with Crippen LogP contribution in [0.1, 0.15) is 84.0 Å². The van der Waals surface area contributed by atoms with Crippen LogP contribution in [0.25, 0.3) is 0 Å². The lowest BCUT2D eigenvalue weighted by Gasteiger charge is -2.29. The van der Waals surface area contributed by atoms with Gasteiger partial charge in [-0.05, 0) is 12.8 Å². The summed E-state index contributed by atoms with van der Waals surface area (Å²) in [6, 6.07) is 0. The number of unbranched alkanes of at least 4 members (excludes halogenated alkanes) is 11. The molecule has 0 N–H and O–H groups in total. The predicted molar refractivity (Wildman–Crippen MR) is 98.6 cm³/mol. The van der Waals surface area contributed by atoms with Crippen LogP contribution in [0.5, 0.6) is 0 Å². The number of nitrogens with zero attached hydrogens (tertiary/aromatic N) is 1. The molecule has 0 aromatic heterocycles. The van der Waals surface area contributed by atoms with Crippen molar-refractivity contribution in [3.05, 3.63) is 0 Å². The molecule has 5 nitrogen and oxygen atoms in total. The van der Waals surface area contributed by atoms with Gasteiger partial charge in [-0.25, -0.2) is 8.42 Å². The summed E-state index contributed by atoms with van der Waals surface area (Å²) in [5, 5.41) is 0. The number of quaternary nitrogens is 1. The summed E-state index contributed by atoms with van der Waals surface area (Å²) in [5.41, 5.74) is 0. The first-order valence-electron chi connectivity index (χ1n) is 9.69. The maximum Gasteiger partial charge on any atom is 0.217 e. The zero-order chi connectivity index (χ0) is 18.3. The number of hydrogen-bond donors (Lipinski definition) is 0. The van der Waals surface area contributed by atoms with E-state index in [9.17, 15) is 13.0 Å². The van der Waals surface area contributed by atoms with Crippen LogP contribution in [0.3, 0.4) is 0 Å². The van der Waals surface area contributed by atoms with E-state index < -0.39 is 10.4 Å². The fourth-order valence-electron chi connectivity index (χ4n) is 2.88. The summed E-state index contributed by atoms with van der Waals surface area (Å²) in [5.74, 6) is 0. The van der Waals surface area contributed by atoms with Crippen molar-refractivity contribution in [1.82, 2.24) is 0 Å². The molecule has 0 radical (unpaired) electrons. The van der Waals surface area contributed by atoms with Crippen molar-refractivity contribution in [1.29, 1.82) is 0 Å². The molecular weight excluding hydrogens is 326 g/mol. The molecule has 0 saturated heterocycles. The SMILES string of the molecule is CCCCCCCCCCCCCC[N+](C)(C)CCOS(=O)(=O)[O-]. The second-order valence-corrected chi connectivity index (χ2v) is 8.55. The lowest BCUT2D eigenvalue weighted by molar-refractivity contribution is -0.890. The van der Waals surface area contributed by atoms with Gasteiger partial charge in [0, 0.05) is 0 Å². The van der Waals surface area contributed by atoms with Crippen molar-refractivity contribution in [2.24, 2.45) is 0 Å². The number of rotatable bonds is 17. The molecule has 0 aromatic carbocycles. The Hall–Kier alpha value is -0.170. The van der Waals surface area contributed by atoms with Crippen LogP contribution in [0.15, 0.2) is 0 Å². The third-order valence-electron chi connectivity index (χ3n) is 4.54. The monoisotopic (exact) mass is 365 g/mol. The molecule has 0 rings (SSSR count). The minimum Gasteiger partial charge on any atom is -0.726 e. The van der Waals surface area contributed by atoms with Crippen LogP contribution in [-0.2, 0) is 14.6 Å². The van der Waals surface area contributed by atoms with E-state index in [0.29, 0.717) is 11.0 Å². The van der Waals surface area contributed by atoms with Gasteiger partial charge in [0.05, 0.1) is 20.6 Å². The van der Waals surface area contributed by atoms with Crippen molar-refractivity contribution in [2.45, 2.75) is 84.0 Å². The van der Waals surface area contributed by atoms with Crippen molar-refractivity contribution >= 4 is 10.4 Å². The van der Waals surface area contributed by atoms with Gasteiger partial charge in [0.25, 0.3) is 0 Å². The van der Waals surface area contributed by atoms with Gasteiger partial charge in [0.1, 0.15) is 13.2 Å². The quantitative estimate of drug-likeness (QED) is 0.167. The van der Waals surface area contributed by atoms with Gasteiger partial charge in [0.2, 0.25) is 10.4 Å². The lowest BCUT2D eigenvalue weighted by Crippen LogP contribution is -2.43. The maximum atomic E-state index is 10.4. The van der Waals surface area contributed by atoms with Crippen molar-refractivity contribution in [2.75, 3.05) is 33.8 Å². The van der Waals surface area contributed by atoms with E-state index in [1.165, 1.54) is 70.6 Å². The van der Waals surface area contributed by atoms with Gasteiger partial charge >= 0.3 is 0 Å². The Kier molecular flexibility index (Phi) is 13.9.